The Morgan fingerprint density at radius 1 is 0.561 bits per heavy atom. The lowest BCUT2D eigenvalue weighted by molar-refractivity contribution is -0.118. The Labute approximate surface area is 393 Å². The van der Waals surface area contributed by atoms with Gasteiger partial charge in [-0.3, -0.25) is 9.59 Å². The molecule has 344 valence electrons. The first-order valence-corrected chi connectivity index (χ1v) is 24.5. The van der Waals surface area contributed by atoms with E-state index in [2.05, 4.69) is 161 Å². The molecule has 0 radical (unpaired) electrons. The van der Waals surface area contributed by atoms with Crippen molar-refractivity contribution in [1.29, 1.82) is 0 Å². The summed E-state index contributed by atoms with van der Waals surface area (Å²) in [6, 6.07) is 51.7. The Morgan fingerprint density at radius 3 is 1.29 bits per heavy atom. The summed E-state index contributed by atoms with van der Waals surface area (Å²) in [6.45, 7) is 11.0. The number of hydrogen-bond donors (Lipinski definition) is 3. The molecule has 8 nitrogen and oxygen atoms in total. The van der Waals surface area contributed by atoms with Crippen LogP contribution in [-0.2, 0) is 20.4 Å². The molecule has 0 saturated carbocycles. The molecule has 3 aliphatic heterocycles. The minimum absolute atomic E-state index is 0.000992. The summed E-state index contributed by atoms with van der Waals surface area (Å²) in [7, 11) is 1.65. The van der Waals surface area contributed by atoms with E-state index >= 15 is 0 Å². The molecule has 2 saturated heterocycles. The molecule has 5 aromatic carbocycles. The number of carbonyl (C=O) groups is 2. The number of hydrogen-bond acceptors (Lipinski definition) is 6. The van der Waals surface area contributed by atoms with Crippen molar-refractivity contribution >= 4 is 11.8 Å². The second-order valence-electron chi connectivity index (χ2n) is 18.4. The molecular weight excluding hydrogens is 815 g/mol. The lowest BCUT2D eigenvalue weighted by Crippen LogP contribution is -2.44. The average Bonchev–Trinajstić information content (AvgIpc) is 3.39. The molecule has 3 aliphatic rings. The van der Waals surface area contributed by atoms with Crippen molar-refractivity contribution in [3.8, 4) is 5.75 Å². The average molecular weight is 884 g/mol. The third kappa shape index (κ3) is 10.2. The maximum atomic E-state index is 14.6. The molecule has 8 heteroatoms. The highest BCUT2D eigenvalue weighted by molar-refractivity contribution is 6.04. The number of amides is 2. The molecule has 2 amide bonds. The highest BCUT2D eigenvalue weighted by atomic mass is 16.5. The fourth-order valence-corrected chi connectivity index (χ4v) is 11.1. The minimum Gasteiger partial charge on any atom is -0.497 e. The van der Waals surface area contributed by atoms with Crippen molar-refractivity contribution in [2.24, 2.45) is 0 Å². The zero-order valence-electron chi connectivity index (χ0n) is 39.4. The topological polar surface area (TPSA) is 85.9 Å². The van der Waals surface area contributed by atoms with Crippen LogP contribution in [0.15, 0.2) is 168 Å². The molecule has 0 aromatic heterocycles. The maximum Gasteiger partial charge on any atom is 0.249 e. The number of ether oxygens (including phenoxy) is 1. The second kappa shape index (κ2) is 22.0. The Balaban J connectivity index is 0.904. The van der Waals surface area contributed by atoms with Gasteiger partial charge in [0.2, 0.25) is 11.8 Å². The van der Waals surface area contributed by atoms with Crippen molar-refractivity contribution in [3.05, 3.63) is 196 Å². The van der Waals surface area contributed by atoms with Crippen molar-refractivity contribution in [1.82, 2.24) is 25.8 Å². The van der Waals surface area contributed by atoms with Gasteiger partial charge < -0.3 is 30.5 Å². The fourth-order valence-electron chi connectivity index (χ4n) is 11.1. The molecule has 0 bridgehead atoms. The summed E-state index contributed by atoms with van der Waals surface area (Å²) in [5.74, 6) is -0.128. The number of methoxy groups -OCH3 is 1. The van der Waals surface area contributed by atoms with Crippen LogP contribution in [0.1, 0.15) is 98.9 Å². The predicted octanol–water partition coefficient (Wildman–Crippen LogP) is 9.89. The largest absolute Gasteiger partial charge is 0.497 e. The van der Waals surface area contributed by atoms with Crippen molar-refractivity contribution in [2.75, 3.05) is 59.5 Å². The van der Waals surface area contributed by atoms with Crippen molar-refractivity contribution < 1.29 is 14.3 Å². The van der Waals surface area contributed by atoms with Gasteiger partial charge in [0.25, 0.3) is 0 Å². The van der Waals surface area contributed by atoms with Gasteiger partial charge in [-0.1, -0.05) is 147 Å². The maximum absolute atomic E-state index is 14.6. The third-order valence-electron chi connectivity index (χ3n) is 14.8. The Hall–Kier alpha value is -5.96. The number of dihydropyridines is 1. The number of nitrogens with zero attached hydrogens (tertiary/aromatic N) is 2. The highest BCUT2D eigenvalue weighted by Gasteiger charge is 2.40. The SMILES string of the molecule is CCC1=C(C(=O)NCCCN2CCC(c3ccccc3)(c3ccccc3)CC2)C(c2cccc(OC)c2)C(C(=O)NCCCN2CCC(c3ccccc3)(c3ccccc3)CC2)=C(CC)N1. The van der Waals surface area contributed by atoms with Gasteiger partial charge in [-0.2, -0.15) is 0 Å². The van der Waals surface area contributed by atoms with Crippen LogP contribution < -0.4 is 20.7 Å². The molecule has 0 unspecified atom stereocenters. The standard InChI is InChI=1S/C58H69N5O3/c1-4-50-53(55(64)59-35-19-37-62-39-31-57(32-40-62,45-22-10-6-11-23-45)46-24-12-7-13-25-46)52(44-21-18-30-49(43-44)66-3)54(51(5-2)61-50)56(65)60-36-20-38-63-41-33-58(34-42-63,47-26-14-8-15-27-47)48-28-16-9-17-29-48/h6-18,21-30,43,52,61H,4-5,19-20,31-42H2,1-3H3,(H,59,64)(H,60,65). The molecule has 2 fully saturated rings. The summed E-state index contributed by atoms with van der Waals surface area (Å²) in [4.78, 5) is 34.2. The van der Waals surface area contributed by atoms with Gasteiger partial charge in [0, 0.05) is 52.4 Å². The van der Waals surface area contributed by atoms with E-state index in [9.17, 15) is 9.59 Å². The summed E-state index contributed by atoms with van der Waals surface area (Å²) >= 11 is 0. The van der Waals surface area contributed by atoms with Gasteiger partial charge in [0.1, 0.15) is 5.75 Å². The highest BCUT2D eigenvalue weighted by Crippen LogP contribution is 2.44. The van der Waals surface area contributed by atoms with Crippen LogP contribution in [0.4, 0.5) is 0 Å². The number of likely N-dealkylation sites (tertiary alicyclic amines) is 2. The molecule has 0 aliphatic carbocycles. The molecule has 5 aromatic rings. The van der Waals surface area contributed by atoms with Crippen molar-refractivity contribution in [3.63, 3.8) is 0 Å². The quantitative estimate of drug-likeness (QED) is 0.0761. The van der Waals surface area contributed by atoms with E-state index in [0.29, 0.717) is 42.8 Å². The summed E-state index contributed by atoms with van der Waals surface area (Å²) in [5.41, 5.74) is 9.33. The first-order valence-electron chi connectivity index (χ1n) is 24.5. The van der Waals surface area contributed by atoms with Gasteiger partial charge >= 0.3 is 0 Å². The summed E-state index contributed by atoms with van der Waals surface area (Å²) in [6.07, 6.45) is 7.13. The monoisotopic (exact) mass is 884 g/mol. The van der Waals surface area contributed by atoms with Gasteiger partial charge in [0.15, 0.2) is 0 Å². The van der Waals surface area contributed by atoms with E-state index < -0.39 is 5.92 Å². The number of benzene rings is 5. The number of carbonyl (C=O) groups excluding carboxylic acids is 2. The van der Waals surface area contributed by atoms with Crippen LogP contribution in [0.3, 0.4) is 0 Å². The van der Waals surface area contributed by atoms with E-state index in [1.54, 1.807) is 7.11 Å². The van der Waals surface area contributed by atoms with E-state index in [1.807, 2.05) is 24.3 Å². The van der Waals surface area contributed by atoms with Crippen LogP contribution in [0.5, 0.6) is 5.75 Å². The Kier molecular flexibility index (Phi) is 15.5. The zero-order chi connectivity index (χ0) is 45.8. The summed E-state index contributed by atoms with van der Waals surface area (Å²) in [5, 5.41) is 10.2. The molecule has 0 atom stereocenters. The minimum atomic E-state index is -0.552. The lowest BCUT2D eigenvalue weighted by Gasteiger charge is -2.43. The number of allylic oxidation sites excluding steroid dienone is 2. The molecule has 0 spiro atoms. The Bertz CT molecular complexity index is 2190. The molecule has 3 N–H and O–H groups in total. The van der Waals surface area contributed by atoms with Crippen LogP contribution in [0.2, 0.25) is 0 Å². The molecular formula is C58H69N5O3. The van der Waals surface area contributed by atoms with Crippen LogP contribution >= 0.6 is 0 Å². The molecule has 8 rings (SSSR count). The second-order valence-corrected chi connectivity index (χ2v) is 18.4. The number of nitrogens with one attached hydrogen (secondary N) is 3. The number of rotatable bonds is 18. The molecule has 3 heterocycles. The lowest BCUT2D eigenvalue weighted by atomic mass is 9.68. The first kappa shape index (κ1) is 46.6. The van der Waals surface area contributed by atoms with E-state index in [0.717, 1.165) is 94.8 Å². The van der Waals surface area contributed by atoms with Gasteiger partial charge in [0.05, 0.1) is 7.11 Å². The first-order chi connectivity index (χ1) is 32.4. The van der Waals surface area contributed by atoms with Gasteiger partial charge in [-0.25, -0.2) is 0 Å². The van der Waals surface area contributed by atoms with Gasteiger partial charge in [-0.05, 0) is 131 Å². The predicted molar refractivity (Wildman–Crippen MR) is 267 cm³/mol. The summed E-state index contributed by atoms with van der Waals surface area (Å²) < 4.78 is 5.69. The van der Waals surface area contributed by atoms with E-state index in [4.69, 9.17) is 4.74 Å². The van der Waals surface area contributed by atoms with Crippen LogP contribution in [-0.4, -0.2) is 81.1 Å². The van der Waals surface area contributed by atoms with Crippen molar-refractivity contribution in [2.45, 2.75) is 82.0 Å². The third-order valence-corrected chi connectivity index (χ3v) is 14.8. The molecule has 66 heavy (non-hydrogen) atoms. The fraction of sp³-hybridized carbons (Fsp3) is 0.379. The van der Waals surface area contributed by atoms with Gasteiger partial charge in [-0.15, -0.1) is 0 Å². The van der Waals surface area contributed by atoms with Crippen LogP contribution in [0.25, 0.3) is 0 Å². The zero-order valence-corrected chi connectivity index (χ0v) is 39.4. The van der Waals surface area contributed by atoms with E-state index in [-0.39, 0.29) is 22.6 Å². The number of piperidine rings is 2. The van der Waals surface area contributed by atoms with Crippen LogP contribution in [0, 0.1) is 0 Å². The van der Waals surface area contributed by atoms with E-state index in [1.165, 1.54) is 22.3 Å². The Morgan fingerprint density at radius 2 is 0.939 bits per heavy atom. The normalized spacial score (nSPS) is 17.8. The smallest absolute Gasteiger partial charge is 0.249 e.